The van der Waals surface area contributed by atoms with Crippen molar-refractivity contribution in [1.29, 1.82) is 0 Å². The number of hydrogen-bond acceptors (Lipinski definition) is 5. The molecule has 2 amide bonds. The lowest BCUT2D eigenvalue weighted by Crippen LogP contribution is -2.43. The number of rotatable bonds is 6. The van der Waals surface area contributed by atoms with E-state index in [4.69, 9.17) is 9.47 Å². The molecule has 1 N–H and O–H groups in total. The minimum atomic E-state index is -0.881. The predicted molar refractivity (Wildman–Crippen MR) is 120 cm³/mol. The first-order valence-corrected chi connectivity index (χ1v) is 10.8. The van der Waals surface area contributed by atoms with Gasteiger partial charge in [0.15, 0.2) is 0 Å². The van der Waals surface area contributed by atoms with Crippen LogP contribution >= 0.6 is 0 Å². The van der Waals surface area contributed by atoms with Crippen LogP contribution in [-0.2, 0) is 20.9 Å². The quantitative estimate of drug-likeness (QED) is 0.582. The Morgan fingerprint density at radius 1 is 0.970 bits per heavy atom. The molecule has 1 saturated heterocycles. The fourth-order valence-corrected chi connectivity index (χ4v) is 4.19. The zero-order valence-electron chi connectivity index (χ0n) is 17.8. The van der Waals surface area contributed by atoms with Gasteiger partial charge in [-0.2, -0.15) is 0 Å². The van der Waals surface area contributed by atoms with Gasteiger partial charge in [0.05, 0.1) is 5.56 Å². The largest absolute Gasteiger partial charge is 0.489 e. The van der Waals surface area contributed by atoms with E-state index in [0.717, 1.165) is 5.56 Å². The highest BCUT2D eigenvalue weighted by Crippen LogP contribution is 2.38. The number of anilines is 1. The Morgan fingerprint density at radius 3 is 2.48 bits per heavy atom. The average Bonchev–Trinajstić information content (AvgIpc) is 3.39. The topological polar surface area (TPSA) is 84.9 Å². The average molecular weight is 442 g/mol. The van der Waals surface area contributed by atoms with Gasteiger partial charge in [-0.05, 0) is 42.3 Å². The molecule has 0 aromatic heterocycles. The second-order valence-electron chi connectivity index (χ2n) is 7.99. The molecule has 2 heterocycles. The lowest BCUT2D eigenvalue weighted by Gasteiger charge is -2.29. The summed E-state index contributed by atoms with van der Waals surface area (Å²) in [6, 6.07) is 23.1. The monoisotopic (exact) mass is 442 g/mol. The number of likely N-dealkylation sites (tertiary alicyclic amines) is 1. The number of nitrogens with one attached hydrogen (secondary N) is 1. The van der Waals surface area contributed by atoms with Gasteiger partial charge < -0.3 is 14.8 Å². The maximum absolute atomic E-state index is 13.0. The van der Waals surface area contributed by atoms with Gasteiger partial charge in [-0.15, -0.1) is 0 Å². The Hall–Kier alpha value is -4.13. The molecule has 0 bridgehead atoms. The SMILES string of the molecule is O=C1O[C@@H](N2C(=O)CC[C@@H]2C(=O)Nc2ccc(OCc3ccccc3)cc2)c2ccccc21. The molecule has 5 rings (SSSR count). The fraction of sp³-hybridized carbons (Fsp3) is 0.192. The number of cyclic esters (lactones) is 1. The zero-order chi connectivity index (χ0) is 22.8. The lowest BCUT2D eigenvalue weighted by molar-refractivity contribution is -0.144. The van der Waals surface area contributed by atoms with Crippen molar-refractivity contribution >= 4 is 23.5 Å². The molecule has 166 valence electrons. The van der Waals surface area contributed by atoms with Gasteiger partial charge in [0.2, 0.25) is 18.0 Å². The van der Waals surface area contributed by atoms with E-state index in [1.165, 1.54) is 4.90 Å². The summed E-state index contributed by atoms with van der Waals surface area (Å²) >= 11 is 0. The van der Waals surface area contributed by atoms with Crippen LogP contribution in [0.5, 0.6) is 5.75 Å². The van der Waals surface area contributed by atoms with Crippen LogP contribution in [0, 0.1) is 0 Å². The molecule has 2 aliphatic rings. The number of benzene rings is 3. The van der Waals surface area contributed by atoms with Crippen molar-refractivity contribution in [3.8, 4) is 5.75 Å². The maximum atomic E-state index is 13.0. The van der Waals surface area contributed by atoms with Crippen LogP contribution in [-0.4, -0.2) is 28.7 Å². The second-order valence-corrected chi connectivity index (χ2v) is 7.99. The molecule has 33 heavy (non-hydrogen) atoms. The number of carbonyl (C=O) groups excluding carboxylic acids is 3. The van der Waals surface area contributed by atoms with Crippen molar-refractivity contribution in [1.82, 2.24) is 4.90 Å². The van der Waals surface area contributed by atoms with E-state index in [1.807, 2.05) is 30.3 Å². The Labute approximate surface area is 190 Å². The summed E-state index contributed by atoms with van der Waals surface area (Å²) in [5.41, 5.74) is 2.69. The van der Waals surface area contributed by atoms with Gasteiger partial charge in [0, 0.05) is 17.7 Å². The third-order valence-electron chi connectivity index (χ3n) is 5.85. The zero-order valence-corrected chi connectivity index (χ0v) is 17.8. The molecule has 2 atom stereocenters. The molecular weight excluding hydrogens is 420 g/mol. The lowest BCUT2D eigenvalue weighted by atomic mass is 10.1. The third-order valence-corrected chi connectivity index (χ3v) is 5.85. The van der Waals surface area contributed by atoms with Crippen LogP contribution in [0.25, 0.3) is 0 Å². The summed E-state index contributed by atoms with van der Waals surface area (Å²) in [5, 5.41) is 2.87. The van der Waals surface area contributed by atoms with Crippen LogP contribution in [0.3, 0.4) is 0 Å². The highest BCUT2D eigenvalue weighted by atomic mass is 16.6. The molecule has 3 aromatic rings. The van der Waals surface area contributed by atoms with E-state index in [2.05, 4.69) is 5.32 Å². The molecule has 0 unspecified atom stereocenters. The third kappa shape index (κ3) is 4.17. The number of hydrogen-bond donors (Lipinski definition) is 1. The fourth-order valence-electron chi connectivity index (χ4n) is 4.19. The van der Waals surface area contributed by atoms with Gasteiger partial charge in [-0.1, -0.05) is 48.5 Å². The molecule has 7 heteroatoms. The first-order chi connectivity index (χ1) is 16.1. The smallest absolute Gasteiger partial charge is 0.340 e. The van der Waals surface area contributed by atoms with Crippen LogP contribution in [0.15, 0.2) is 78.9 Å². The van der Waals surface area contributed by atoms with E-state index in [-0.39, 0.29) is 18.2 Å². The summed E-state index contributed by atoms with van der Waals surface area (Å²) in [5.74, 6) is -0.335. The van der Waals surface area contributed by atoms with E-state index in [9.17, 15) is 14.4 Å². The van der Waals surface area contributed by atoms with E-state index < -0.39 is 18.2 Å². The summed E-state index contributed by atoms with van der Waals surface area (Å²) in [6.07, 6.45) is -0.298. The first kappa shape index (κ1) is 20.8. The standard InChI is InChI=1S/C26H22N2O5/c29-23-15-14-22(28(23)25-20-8-4-5-9-21(20)26(31)33-25)24(30)27-18-10-12-19(13-11-18)32-16-17-6-2-1-3-7-17/h1-13,22,25H,14-16H2,(H,27,30)/t22-,25-/m1/s1. The van der Waals surface area contributed by atoms with Crippen molar-refractivity contribution < 1.29 is 23.9 Å². The van der Waals surface area contributed by atoms with Gasteiger partial charge in [0.25, 0.3) is 0 Å². The molecule has 2 aliphatic heterocycles. The van der Waals surface area contributed by atoms with Crippen molar-refractivity contribution in [3.63, 3.8) is 0 Å². The number of amides is 2. The summed E-state index contributed by atoms with van der Waals surface area (Å²) in [6.45, 7) is 0.452. The summed E-state index contributed by atoms with van der Waals surface area (Å²) in [4.78, 5) is 39.3. The van der Waals surface area contributed by atoms with Crippen LogP contribution in [0.4, 0.5) is 5.69 Å². The molecule has 0 saturated carbocycles. The number of esters is 1. The molecule has 3 aromatic carbocycles. The Balaban J connectivity index is 1.25. The van der Waals surface area contributed by atoms with Crippen molar-refractivity contribution in [3.05, 3.63) is 95.6 Å². The molecule has 7 nitrogen and oxygen atoms in total. The van der Waals surface area contributed by atoms with Gasteiger partial charge in [-0.3, -0.25) is 14.5 Å². The van der Waals surface area contributed by atoms with Crippen LogP contribution in [0.2, 0.25) is 0 Å². The highest BCUT2D eigenvalue weighted by Gasteiger charge is 2.46. The Kier molecular flexibility index (Phi) is 5.52. The minimum absolute atomic E-state index is 0.214. The van der Waals surface area contributed by atoms with Crippen LogP contribution in [0.1, 0.15) is 40.6 Å². The Bertz CT molecular complexity index is 1190. The Morgan fingerprint density at radius 2 is 1.70 bits per heavy atom. The second kappa shape index (κ2) is 8.78. The maximum Gasteiger partial charge on any atom is 0.340 e. The number of fused-ring (bicyclic) bond motifs is 1. The minimum Gasteiger partial charge on any atom is -0.489 e. The number of nitrogens with zero attached hydrogens (tertiary/aromatic N) is 1. The van der Waals surface area contributed by atoms with Gasteiger partial charge in [0.1, 0.15) is 18.4 Å². The molecule has 0 spiro atoms. The van der Waals surface area contributed by atoms with Crippen molar-refractivity contribution in [2.24, 2.45) is 0 Å². The van der Waals surface area contributed by atoms with Gasteiger partial charge >= 0.3 is 5.97 Å². The van der Waals surface area contributed by atoms with E-state index in [1.54, 1.807) is 48.5 Å². The normalized spacial score (nSPS) is 19.2. The predicted octanol–water partition coefficient (Wildman–Crippen LogP) is 4.06. The van der Waals surface area contributed by atoms with Crippen LogP contribution < -0.4 is 10.1 Å². The van der Waals surface area contributed by atoms with E-state index >= 15 is 0 Å². The molecular formula is C26H22N2O5. The molecule has 0 radical (unpaired) electrons. The number of carbonyl (C=O) groups is 3. The summed E-state index contributed by atoms with van der Waals surface area (Å²) in [7, 11) is 0. The molecule has 1 fully saturated rings. The number of ether oxygens (including phenoxy) is 2. The van der Waals surface area contributed by atoms with Crippen molar-refractivity contribution in [2.45, 2.75) is 31.7 Å². The van der Waals surface area contributed by atoms with E-state index in [0.29, 0.717) is 35.6 Å². The highest BCUT2D eigenvalue weighted by molar-refractivity contribution is 6.00. The summed E-state index contributed by atoms with van der Waals surface area (Å²) < 4.78 is 11.2. The van der Waals surface area contributed by atoms with Crippen molar-refractivity contribution in [2.75, 3.05) is 5.32 Å². The van der Waals surface area contributed by atoms with Gasteiger partial charge in [-0.25, -0.2) is 4.79 Å². The first-order valence-electron chi connectivity index (χ1n) is 10.8. The molecule has 0 aliphatic carbocycles.